The minimum absolute atomic E-state index is 0.158. The van der Waals surface area contributed by atoms with Crippen molar-refractivity contribution in [3.05, 3.63) is 95.6 Å². The molecule has 0 fully saturated rings. The third-order valence-electron chi connectivity index (χ3n) is 4.21. The summed E-state index contributed by atoms with van der Waals surface area (Å²) in [5.41, 5.74) is 4.45. The van der Waals surface area contributed by atoms with E-state index in [1.165, 1.54) is 5.56 Å². The highest BCUT2D eigenvalue weighted by molar-refractivity contribution is 5.57. The summed E-state index contributed by atoms with van der Waals surface area (Å²) in [6, 6.07) is 26.6. The van der Waals surface area contributed by atoms with Crippen molar-refractivity contribution in [2.45, 2.75) is 12.6 Å². The van der Waals surface area contributed by atoms with Crippen molar-refractivity contribution in [3.63, 3.8) is 0 Å². The van der Waals surface area contributed by atoms with Crippen LogP contribution in [-0.2, 0) is 11.3 Å². The molecule has 0 bridgehead atoms. The molecule has 3 nitrogen and oxygen atoms in total. The SMILES string of the molecule is COc1ccc(NCc2ccccc2)c(C(OC)c2ccccc2)c1. The van der Waals surface area contributed by atoms with Crippen LogP contribution in [0.2, 0.25) is 0 Å². The Balaban J connectivity index is 1.92. The number of hydrogen-bond acceptors (Lipinski definition) is 3. The third-order valence-corrected chi connectivity index (χ3v) is 4.21. The minimum Gasteiger partial charge on any atom is -0.497 e. The summed E-state index contributed by atoms with van der Waals surface area (Å²) in [5, 5.41) is 3.53. The number of ether oxygens (including phenoxy) is 2. The molecule has 0 saturated heterocycles. The van der Waals surface area contributed by atoms with E-state index in [9.17, 15) is 0 Å². The third kappa shape index (κ3) is 4.20. The monoisotopic (exact) mass is 333 g/mol. The Morgan fingerprint density at radius 2 is 1.52 bits per heavy atom. The Labute approximate surface area is 149 Å². The van der Waals surface area contributed by atoms with Gasteiger partial charge in [-0.05, 0) is 29.3 Å². The lowest BCUT2D eigenvalue weighted by Gasteiger charge is -2.21. The van der Waals surface area contributed by atoms with Crippen LogP contribution in [0.25, 0.3) is 0 Å². The molecule has 1 unspecified atom stereocenters. The Bertz CT molecular complexity index is 788. The molecule has 3 aromatic carbocycles. The molecule has 25 heavy (non-hydrogen) atoms. The fraction of sp³-hybridized carbons (Fsp3) is 0.182. The Hall–Kier alpha value is -2.78. The average molecular weight is 333 g/mol. The van der Waals surface area contributed by atoms with Gasteiger partial charge < -0.3 is 14.8 Å². The predicted molar refractivity (Wildman–Crippen MR) is 102 cm³/mol. The van der Waals surface area contributed by atoms with Gasteiger partial charge in [0.05, 0.1) is 7.11 Å². The summed E-state index contributed by atoms with van der Waals surface area (Å²) in [6.07, 6.45) is -0.158. The fourth-order valence-electron chi connectivity index (χ4n) is 2.91. The van der Waals surface area contributed by atoms with Crippen LogP contribution in [-0.4, -0.2) is 14.2 Å². The summed E-state index contributed by atoms with van der Waals surface area (Å²) in [5.74, 6) is 0.818. The maximum atomic E-state index is 5.82. The molecule has 128 valence electrons. The van der Waals surface area contributed by atoms with Gasteiger partial charge in [-0.25, -0.2) is 0 Å². The summed E-state index contributed by atoms with van der Waals surface area (Å²) in [4.78, 5) is 0. The molecule has 3 heteroatoms. The lowest BCUT2D eigenvalue weighted by molar-refractivity contribution is 0.136. The van der Waals surface area contributed by atoms with E-state index in [2.05, 4.69) is 29.6 Å². The summed E-state index contributed by atoms with van der Waals surface area (Å²) >= 11 is 0. The molecule has 3 rings (SSSR count). The van der Waals surface area contributed by atoms with Crippen LogP contribution < -0.4 is 10.1 Å². The second kappa shape index (κ2) is 8.36. The first kappa shape index (κ1) is 17.1. The summed E-state index contributed by atoms with van der Waals surface area (Å²) < 4.78 is 11.2. The number of nitrogens with one attached hydrogen (secondary N) is 1. The van der Waals surface area contributed by atoms with Gasteiger partial charge in [0.25, 0.3) is 0 Å². The molecule has 0 radical (unpaired) electrons. The minimum atomic E-state index is -0.158. The number of benzene rings is 3. The highest BCUT2D eigenvalue weighted by Crippen LogP contribution is 2.34. The van der Waals surface area contributed by atoms with E-state index < -0.39 is 0 Å². The Kier molecular flexibility index (Phi) is 5.70. The van der Waals surface area contributed by atoms with E-state index in [4.69, 9.17) is 9.47 Å². The topological polar surface area (TPSA) is 30.5 Å². The van der Waals surface area contributed by atoms with Gasteiger partial charge in [0, 0.05) is 24.9 Å². The zero-order chi connectivity index (χ0) is 17.5. The van der Waals surface area contributed by atoms with Crippen molar-refractivity contribution >= 4 is 5.69 Å². The van der Waals surface area contributed by atoms with E-state index in [-0.39, 0.29) is 6.10 Å². The Morgan fingerprint density at radius 1 is 0.840 bits per heavy atom. The van der Waals surface area contributed by atoms with E-state index in [1.807, 2.05) is 54.6 Å². The lowest BCUT2D eigenvalue weighted by Crippen LogP contribution is -2.09. The van der Waals surface area contributed by atoms with E-state index in [0.29, 0.717) is 0 Å². The molecule has 0 amide bonds. The van der Waals surface area contributed by atoms with Gasteiger partial charge in [-0.2, -0.15) is 0 Å². The van der Waals surface area contributed by atoms with E-state index in [0.717, 1.165) is 29.1 Å². The summed E-state index contributed by atoms with van der Waals surface area (Å²) in [7, 11) is 3.42. The van der Waals surface area contributed by atoms with Gasteiger partial charge in [-0.3, -0.25) is 0 Å². The normalized spacial score (nSPS) is 11.8. The number of hydrogen-bond donors (Lipinski definition) is 1. The maximum Gasteiger partial charge on any atom is 0.119 e. The van der Waals surface area contributed by atoms with Crippen LogP contribution in [0.5, 0.6) is 5.75 Å². The fourth-order valence-corrected chi connectivity index (χ4v) is 2.91. The second-order valence-corrected chi connectivity index (χ2v) is 5.82. The van der Waals surface area contributed by atoms with E-state index >= 15 is 0 Å². The van der Waals surface area contributed by atoms with Crippen LogP contribution >= 0.6 is 0 Å². The van der Waals surface area contributed by atoms with Gasteiger partial charge in [-0.1, -0.05) is 60.7 Å². The molecule has 0 aliphatic rings. The Morgan fingerprint density at radius 3 is 2.16 bits per heavy atom. The molecule has 0 aliphatic carbocycles. The van der Waals surface area contributed by atoms with Gasteiger partial charge in [0.15, 0.2) is 0 Å². The van der Waals surface area contributed by atoms with Crippen LogP contribution in [0.4, 0.5) is 5.69 Å². The number of methoxy groups -OCH3 is 2. The van der Waals surface area contributed by atoms with Crippen LogP contribution in [0.1, 0.15) is 22.8 Å². The molecular weight excluding hydrogens is 310 g/mol. The molecule has 0 aromatic heterocycles. The quantitative estimate of drug-likeness (QED) is 0.657. The molecule has 0 aliphatic heterocycles. The largest absolute Gasteiger partial charge is 0.497 e. The van der Waals surface area contributed by atoms with Crippen molar-refractivity contribution in [1.82, 2.24) is 0 Å². The lowest BCUT2D eigenvalue weighted by atomic mass is 9.99. The average Bonchev–Trinajstić information content (AvgIpc) is 2.69. The van der Waals surface area contributed by atoms with Crippen LogP contribution in [0.15, 0.2) is 78.9 Å². The van der Waals surface area contributed by atoms with Crippen molar-refractivity contribution in [2.24, 2.45) is 0 Å². The zero-order valence-electron chi connectivity index (χ0n) is 14.6. The highest BCUT2D eigenvalue weighted by Gasteiger charge is 2.18. The number of rotatable bonds is 7. The molecule has 1 N–H and O–H groups in total. The van der Waals surface area contributed by atoms with Crippen molar-refractivity contribution in [3.8, 4) is 5.75 Å². The van der Waals surface area contributed by atoms with Crippen molar-refractivity contribution in [2.75, 3.05) is 19.5 Å². The van der Waals surface area contributed by atoms with Crippen LogP contribution in [0, 0.1) is 0 Å². The zero-order valence-corrected chi connectivity index (χ0v) is 14.6. The first-order chi connectivity index (χ1) is 12.3. The summed E-state index contributed by atoms with van der Waals surface area (Å²) in [6.45, 7) is 0.755. The smallest absolute Gasteiger partial charge is 0.119 e. The second-order valence-electron chi connectivity index (χ2n) is 5.82. The van der Waals surface area contributed by atoms with E-state index in [1.54, 1.807) is 14.2 Å². The molecule has 3 aromatic rings. The van der Waals surface area contributed by atoms with Crippen molar-refractivity contribution < 1.29 is 9.47 Å². The van der Waals surface area contributed by atoms with Gasteiger partial charge in [0.1, 0.15) is 11.9 Å². The predicted octanol–water partition coefficient (Wildman–Crippen LogP) is 5.04. The molecular formula is C22H23NO2. The first-order valence-corrected chi connectivity index (χ1v) is 8.35. The van der Waals surface area contributed by atoms with Gasteiger partial charge in [0.2, 0.25) is 0 Å². The molecule has 0 heterocycles. The molecule has 1 atom stereocenters. The number of anilines is 1. The first-order valence-electron chi connectivity index (χ1n) is 8.35. The van der Waals surface area contributed by atoms with Gasteiger partial charge in [-0.15, -0.1) is 0 Å². The molecule has 0 saturated carbocycles. The van der Waals surface area contributed by atoms with Crippen molar-refractivity contribution in [1.29, 1.82) is 0 Å². The molecule has 0 spiro atoms. The maximum absolute atomic E-state index is 5.82. The van der Waals surface area contributed by atoms with Crippen LogP contribution in [0.3, 0.4) is 0 Å². The van der Waals surface area contributed by atoms with Gasteiger partial charge >= 0.3 is 0 Å². The standard InChI is InChI=1S/C22H23NO2/c1-24-19-13-14-21(23-16-17-9-5-3-6-10-17)20(15-19)22(25-2)18-11-7-4-8-12-18/h3-15,22-23H,16H2,1-2H3. The highest BCUT2D eigenvalue weighted by atomic mass is 16.5.